The number of carbonyl (C=O) groups is 6. The van der Waals surface area contributed by atoms with E-state index < -0.39 is 59.4 Å². The molecule has 0 radical (unpaired) electrons. The molecule has 3 N–H and O–H groups in total. The van der Waals surface area contributed by atoms with Crippen molar-refractivity contribution in [2.24, 2.45) is 5.92 Å². The summed E-state index contributed by atoms with van der Waals surface area (Å²) in [5.41, 5.74) is -1.12. The summed E-state index contributed by atoms with van der Waals surface area (Å²) >= 11 is 2.25. The zero-order valence-electron chi connectivity index (χ0n) is 29.6. The molecule has 0 bridgehead atoms. The number of thiazole rings is 2. The highest BCUT2D eigenvalue weighted by Gasteiger charge is 2.42. The zero-order valence-corrected chi connectivity index (χ0v) is 31.2. The lowest BCUT2D eigenvalue weighted by Gasteiger charge is -2.27. The van der Waals surface area contributed by atoms with Crippen molar-refractivity contribution in [2.75, 3.05) is 13.1 Å². The third-order valence-corrected chi connectivity index (χ3v) is 10.2. The Hall–Kier alpha value is -4.90. The minimum atomic E-state index is -1.18. The van der Waals surface area contributed by atoms with Gasteiger partial charge in [0.05, 0.1) is 12.1 Å². The Bertz CT molecular complexity index is 1730. The first kappa shape index (κ1) is 38.3. The molecule has 3 amide bonds. The van der Waals surface area contributed by atoms with E-state index in [0.29, 0.717) is 27.6 Å². The van der Waals surface area contributed by atoms with E-state index in [0.717, 1.165) is 22.7 Å². The van der Waals surface area contributed by atoms with E-state index in [9.17, 15) is 39.0 Å². The molecule has 0 aliphatic carbocycles. The summed E-state index contributed by atoms with van der Waals surface area (Å²) in [6.07, 6.45) is -0.407. The maximum Gasteiger partial charge on any atom is 0.410 e. The van der Waals surface area contributed by atoms with Crippen LogP contribution in [0.5, 0.6) is 0 Å². The Balaban J connectivity index is 1.24. The highest BCUT2D eigenvalue weighted by atomic mass is 32.1. The first-order valence-electron chi connectivity index (χ1n) is 16.6. The zero-order chi connectivity index (χ0) is 38.1. The molecule has 2 aliphatic rings. The van der Waals surface area contributed by atoms with Gasteiger partial charge in [0.15, 0.2) is 17.2 Å². The fourth-order valence-corrected chi connectivity index (χ4v) is 7.89. The van der Waals surface area contributed by atoms with Gasteiger partial charge in [-0.3, -0.25) is 19.4 Å². The van der Waals surface area contributed by atoms with Crippen LogP contribution in [0, 0.1) is 5.92 Å². The molecule has 0 unspecified atom stereocenters. The molecule has 4 atom stereocenters. The number of nitrogens with one attached hydrogen (secondary N) is 1. The largest absolute Gasteiger partial charge is 0.476 e. The molecular formula is C35H41N5O10S2. The highest BCUT2D eigenvalue weighted by molar-refractivity contribution is 7.10. The fraction of sp³-hybridized carbons (Fsp3) is 0.486. The average Bonchev–Trinajstić information content (AvgIpc) is 3.85. The van der Waals surface area contributed by atoms with E-state index in [1.54, 1.807) is 53.7 Å². The Morgan fingerprint density at radius 1 is 0.750 bits per heavy atom. The number of aromatic carboxylic acids is 2. The lowest BCUT2D eigenvalue weighted by atomic mass is 9.95. The maximum atomic E-state index is 13.4. The third kappa shape index (κ3) is 9.30. The van der Waals surface area contributed by atoms with Gasteiger partial charge in [-0.05, 0) is 72.4 Å². The molecule has 15 nitrogen and oxygen atoms in total. The molecular weight excluding hydrogens is 715 g/mol. The van der Waals surface area contributed by atoms with Gasteiger partial charge in [0.2, 0.25) is 0 Å². The first-order valence-corrected chi connectivity index (χ1v) is 18.3. The van der Waals surface area contributed by atoms with Crippen molar-refractivity contribution in [3.05, 3.63) is 67.6 Å². The average molecular weight is 756 g/mol. The number of hydrogen-bond donors (Lipinski definition) is 3. The molecule has 2 fully saturated rings. The number of carboxylic acid groups (broad SMARTS) is 2. The third-order valence-electron chi connectivity index (χ3n) is 8.28. The van der Waals surface area contributed by atoms with E-state index in [-0.39, 0.29) is 49.0 Å². The summed E-state index contributed by atoms with van der Waals surface area (Å²) in [6, 6.07) is 4.55. The summed E-state index contributed by atoms with van der Waals surface area (Å²) in [5, 5.41) is 25.3. The van der Waals surface area contributed by atoms with E-state index in [1.807, 2.05) is 0 Å². The normalized spacial score (nSPS) is 20.4. The number of ketones is 1. The van der Waals surface area contributed by atoms with Gasteiger partial charge in [0.1, 0.15) is 21.2 Å². The van der Waals surface area contributed by atoms with Crippen molar-refractivity contribution in [3.8, 4) is 0 Å². The molecule has 0 saturated carbocycles. The number of amides is 3. The van der Waals surface area contributed by atoms with Gasteiger partial charge in [0, 0.05) is 47.4 Å². The molecule has 2 aliphatic heterocycles. The van der Waals surface area contributed by atoms with Gasteiger partial charge in [-0.2, -0.15) is 0 Å². The van der Waals surface area contributed by atoms with Crippen molar-refractivity contribution < 1.29 is 48.5 Å². The van der Waals surface area contributed by atoms with Gasteiger partial charge >= 0.3 is 24.1 Å². The summed E-state index contributed by atoms with van der Waals surface area (Å²) in [6.45, 7) is 10.8. The van der Waals surface area contributed by atoms with Crippen LogP contribution in [0.15, 0.2) is 35.0 Å². The Labute approximate surface area is 308 Å². The number of likely N-dealkylation sites (tertiary alicyclic amines) is 2. The number of rotatable bonds is 9. The van der Waals surface area contributed by atoms with E-state index in [2.05, 4.69) is 15.3 Å². The molecule has 1 aromatic carbocycles. The molecule has 4 heterocycles. The van der Waals surface area contributed by atoms with Gasteiger partial charge in [0.25, 0.3) is 5.91 Å². The van der Waals surface area contributed by atoms with Crippen LogP contribution >= 0.6 is 22.7 Å². The number of aromatic nitrogens is 2. The predicted molar refractivity (Wildman–Crippen MR) is 189 cm³/mol. The molecule has 2 aromatic heterocycles. The second-order valence-electron chi connectivity index (χ2n) is 14.8. The number of benzene rings is 1. The smallest absolute Gasteiger partial charge is 0.410 e. The van der Waals surface area contributed by atoms with Crippen LogP contribution in [0.3, 0.4) is 0 Å². The van der Waals surface area contributed by atoms with Crippen LogP contribution in [-0.2, 0) is 9.47 Å². The summed E-state index contributed by atoms with van der Waals surface area (Å²) in [5.74, 6) is -3.22. The quantitative estimate of drug-likeness (QED) is 0.214. The van der Waals surface area contributed by atoms with Gasteiger partial charge < -0.3 is 25.0 Å². The summed E-state index contributed by atoms with van der Waals surface area (Å²) in [7, 11) is 0. The maximum absolute atomic E-state index is 13.4. The first-order chi connectivity index (χ1) is 24.3. The Morgan fingerprint density at radius 2 is 1.21 bits per heavy atom. The second kappa shape index (κ2) is 15.0. The van der Waals surface area contributed by atoms with Gasteiger partial charge in [-0.1, -0.05) is 12.1 Å². The highest BCUT2D eigenvalue weighted by Crippen LogP contribution is 2.40. The summed E-state index contributed by atoms with van der Waals surface area (Å²) in [4.78, 5) is 87.2. The summed E-state index contributed by atoms with van der Waals surface area (Å²) < 4.78 is 11.2. The van der Waals surface area contributed by atoms with Crippen molar-refractivity contribution >= 4 is 58.5 Å². The van der Waals surface area contributed by atoms with Crippen molar-refractivity contribution in [1.29, 1.82) is 0 Å². The van der Waals surface area contributed by atoms with Gasteiger partial charge in [-0.15, -0.1) is 22.7 Å². The number of ether oxygens (including phenoxy) is 2. The van der Waals surface area contributed by atoms with Gasteiger partial charge in [-0.25, -0.2) is 29.1 Å². The molecule has 52 heavy (non-hydrogen) atoms. The number of nitrogens with zero attached hydrogens (tertiary/aromatic N) is 4. The lowest BCUT2D eigenvalue weighted by molar-refractivity contribution is 0.0209. The Kier molecular flexibility index (Phi) is 11.0. The van der Waals surface area contributed by atoms with Crippen LogP contribution in [0.25, 0.3) is 0 Å². The van der Waals surface area contributed by atoms with E-state index in [4.69, 9.17) is 9.47 Å². The predicted octanol–water partition coefficient (Wildman–Crippen LogP) is 6.05. The Morgan fingerprint density at radius 3 is 1.67 bits per heavy atom. The molecule has 0 spiro atoms. The minimum Gasteiger partial charge on any atom is -0.476 e. The molecule has 2 saturated heterocycles. The standard InChI is InChI=1S/C35H41N5O10S2/c1-34(2,3)49-32(47)39-14-18(11-24(39)28-37-22(16-51-28)30(43)44)12-26(41)19-7-9-20(10-8-19)27(42)36-21-13-25(29-38-23(17-52-29)31(45)46)40(15-21)33(48)50-35(4,5)6/h7-10,16-18,21,24-25H,11-15H2,1-6H3,(H,36,42)(H,43,44)(H,45,46)/t18-,21+,24+,25+/m1/s1. The van der Waals surface area contributed by atoms with Crippen LogP contribution in [0.2, 0.25) is 0 Å². The SMILES string of the molecule is CC(C)(C)OC(=O)N1C[C@@H](CC(=O)c2ccc(C(=O)N[C@H]3C[C@@H](c4nc(C(=O)O)cs4)N(C(=O)OC(C)(C)C)C3)cc2)C[C@H]1c1nc(C(=O)O)cs1. The van der Waals surface area contributed by atoms with E-state index >= 15 is 0 Å². The van der Waals surface area contributed by atoms with Crippen LogP contribution in [-0.4, -0.2) is 96.1 Å². The van der Waals surface area contributed by atoms with E-state index in [1.165, 1.54) is 32.7 Å². The topological polar surface area (TPSA) is 206 Å². The van der Waals surface area contributed by atoms with Crippen molar-refractivity contribution in [1.82, 2.24) is 25.1 Å². The number of carboxylic acids is 2. The van der Waals surface area contributed by atoms with Crippen LogP contribution in [0.4, 0.5) is 9.59 Å². The lowest BCUT2D eigenvalue weighted by Crippen LogP contribution is -2.40. The van der Waals surface area contributed by atoms with Crippen LogP contribution in [0.1, 0.15) is 125 Å². The number of Topliss-reactive ketones (excluding diaryl/α,β-unsaturated/α-hetero) is 1. The number of hydrogen-bond acceptors (Lipinski definition) is 12. The monoisotopic (exact) mass is 755 g/mol. The fourth-order valence-electron chi connectivity index (χ4n) is 6.06. The number of carbonyl (C=O) groups excluding carboxylic acids is 4. The van der Waals surface area contributed by atoms with Crippen molar-refractivity contribution in [2.45, 2.75) is 90.1 Å². The molecule has 3 aromatic rings. The molecule has 278 valence electrons. The molecule has 17 heteroatoms. The molecule has 5 rings (SSSR count). The second-order valence-corrected chi connectivity index (χ2v) is 16.5. The van der Waals surface area contributed by atoms with Crippen LogP contribution < -0.4 is 5.32 Å². The minimum absolute atomic E-state index is 0.100. The van der Waals surface area contributed by atoms with Crippen molar-refractivity contribution in [3.63, 3.8) is 0 Å².